The van der Waals surface area contributed by atoms with Gasteiger partial charge in [0.25, 0.3) is 0 Å². The molecule has 5 nitrogen and oxygen atoms in total. The zero-order chi connectivity index (χ0) is 38.0. The molecule has 285 valence electrons. The third-order valence-corrected chi connectivity index (χ3v) is 11.7. The fraction of sp³-hybridized carbons (Fsp3) is 0.468. The van der Waals surface area contributed by atoms with E-state index in [-0.39, 0.29) is 47.9 Å². The fourth-order valence-electron chi connectivity index (χ4n) is 7.27. The van der Waals surface area contributed by atoms with Crippen molar-refractivity contribution in [3.05, 3.63) is 95.3 Å². The second-order valence-electron chi connectivity index (χ2n) is 16.6. The van der Waals surface area contributed by atoms with Crippen LogP contribution in [0.1, 0.15) is 124 Å². The fourth-order valence-corrected chi connectivity index (χ4v) is 7.27. The van der Waals surface area contributed by atoms with Gasteiger partial charge < -0.3 is 9.52 Å². The molecule has 1 aliphatic rings. The molecule has 0 amide bonds. The number of hydrogen-bond donors (Lipinski definition) is 1. The second-order valence-corrected chi connectivity index (χ2v) is 16.6. The Kier molecular flexibility index (Phi) is 13.4. The van der Waals surface area contributed by atoms with Gasteiger partial charge in [0.15, 0.2) is 5.78 Å². The van der Waals surface area contributed by atoms with Gasteiger partial charge in [0, 0.05) is 78.2 Å². The number of allylic oxidation sites excluding steroid dienone is 2. The predicted molar refractivity (Wildman–Crippen MR) is 217 cm³/mol. The molecule has 0 bridgehead atoms. The van der Waals surface area contributed by atoms with Gasteiger partial charge in [0.2, 0.25) is 0 Å². The number of carbonyl (C=O) groups is 1. The molecule has 1 radical (unpaired) electrons. The number of fused-ring (bicyclic) bond motifs is 6. The molecule has 1 aliphatic carbocycles. The quantitative estimate of drug-likeness (QED) is 0.0859. The van der Waals surface area contributed by atoms with Crippen molar-refractivity contribution in [1.29, 1.82) is 0 Å². The van der Waals surface area contributed by atoms with E-state index in [9.17, 15) is 9.90 Å². The van der Waals surface area contributed by atoms with E-state index in [1.54, 1.807) is 0 Å². The molecule has 2 aromatic carbocycles. The minimum atomic E-state index is -0.337. The molecule has 0 saturated heterocycles. The van der Waals surface area contributed by atoms with Crippen LogP contribution in [0.3, 0.4) is 0 Å². The summed E-state index contributed by atoms with van der Waals surface area (Å²) in [5, 5.41) is 13.6. The summed E-state index contributed by atoms with van der Waals surface area (Å²) < 4.78 is 6.44. The van der Waals surface area contributed by atoms with Gasteiger partial charge in [0.1, 0.15) is 17.1 Å². The van der Waals surface area contributed by atoms with Gasteiger partial charge in [-0.3, -0.25) is 14.8 Å². The van der Waals surface area contributed by atoms with E-state index in [4.69, 9.17) is 14.4 Å². The minimum Gasteiger partial charge on any atom is -0.512 e. The van der Waals surface area contributed by atoms with Crippen molar-refractivity contribution in [1.82, 2.24) is 9.97 Å². The van der Waals surface area contributed by atoms with Crippen LogP contribution in [-0.2, 0) is 49.6 Å². The Balaban J connectivity index is 0.000000299. The van der Waals surface area contributed by atoms with Crippen molar-refractivity contribution in [2.75, 3.05) is 0 Å². The number of rotatable bonds is 10. The molecule has 53 heavy (non-hydrogen) atoms. The maximum atomic E-state index is 12.2. The van der Waals surface area contributed by atoms with Crippen LogP contribution in [0.2, 0.25) is 0 Å². The molecule has 0 saturated carbocycles. The first kappa shape index (κ1) is 42.1. The molecule has 6 rings (SSSR count). The van der Waals surface area contributed by atoms with Crippen LogP contribution < -0.4 is 0 Å². The molecule has 0 fully saturated rings. The van der Waals surface area contributed by atoms with Crippen molar-refractivity contribution in [2.45, 2.75) is 127 Å². The Bertz CT molecular complexity index is 2090. The number of ketones is 1. The number of hydrogen-bond acceptors (Lipinski definition) is 5. The van der Waals surface area contributed by atoms with E-state index >= 15 is 0 Å². The number of furan rings is 1. The first-order valence-electron chi connectivity index (χ1n) is 19.4. The number of carbonyl (C=O) groups excluding carboxylic acids is 1. The molecule has 0 aliphatic heterocycles. The van der Waals surface area contributed by atoms with E-state index in [0.717, 1.165) is 78.3 Å². The Morgan fingerprint density at radius 1 is 0.906 bits per heavy atom. The zero-order valence-electron chi connectivity index (χ0n) is 33.8. The summed E-state index contributed by atoms with van der Waals surface area (Å²) in [6.45, 7) is 23.4. The largest absolute Gasteiger partial charge is 0.512 e. The average Bonchev–Trinajstić information content (AvgIpc) is 3.53. The molecule has 6 heteroatoms. The number of benzene rings is 2. The van der Waals surface area contributed by atoms with Gasteiger partial charge >= 0.3 is 0 Å². The number of aliphatic hydroxyl groups is 1. The monoisotopic (exact) mass is 892 g/mol. The van der Waals surface area contributed by atoms with E-state index < -0.39 is 0 Å². The van der Waals surface area contributed by atoms with Gasteiger partial charge in [-0.15, -0.1) is 29.1 Å². The first-order chi connectivity index (χ1) is 24.6. The van der Waals surface area contributed by atoms with E-state index in [2.05, 4.69) is 77.1 Å². The summed E-state index contributed by atoms with van der Waals surface area (Å²) in [7, 11) is 0. The summed E-state index contributed by atoms with van der Waals surface area (Å²) in [5.74, 6) is 1.91. The summed E-state index contributed by atoms with van der Waals surface area (Å²) in [5.41, 5.74) is 8.59. The Labute approximate surface area is 331 Å². The molecule has 0 spiro atoms. The topological polar surface area (TPSA) is 76.2 Å². The summed E-state index contributed by atoms with van der Waals surface area (Å²) in [4.78, 5) is 21.9. The molecule has 0 unspecified atom stereocenters. The molecular weight excluding hydrogens is 833 g/mol. The minimum absolute atomic E-state index is 0. The van der Waals surface area contributed by atoms with Gasteiger partial charge in [-0.25, -0.2) is 0 Å². The van der Waals surface area contributed by atoms with Gasteiger partial charge in [-0.1, -0.05) is 105 Å². The third kappa shape index (κ3) is 8.55. The number of aromatic nitrogens is 2. The first-order valence-corrected chi connectivity index (χ1v) is 19.4. The number of aliphatic hydroxyl groups excluding tert-OH is 1. The summed E-state index contributed by atoms with van der Waals surface area (Å²) >= 11 is 0. The van der Waals surface area contributed by atoms with E-state index in [0.29, 0.717) is 5.92 Å². The smallest absolute Gasteiger partial charge is 0.164 e. The SMILES string of the molecule is CC(C)Cc1nccc2c1CCc1oc3ccnc(-c4[c-]c5ccccc5c(C(C)(C)C)c4)c3c1-2.CCC(C)(CC)C(=O)/C=C(\O)C(C)(CC)CC.[Ir]. The van der Waals surface area contributed by atoms with Crippen molar-refractivity contribution in [2.24, 2.45) is 16.7 Å². The second kappa shape index (κ2) is 16.8. The zero-order valence-corrected chi connectivity index (χ0v) is 36.2. The van der Waals surface area contributed by atoms with Crippen molar-refractivity contribution in [3.63, 3.8) is 0 Å². The average molecular weight is 892 g/mol. The van der Waals surface area contributed by atoms with Crippen LogP contribution >= 0.6 is 0 Å². The van der Waals surface area contributed by atoms with Crippen molar-refractivity contribution in [3.8, 4) is 22.4 Å². The third-order valence-electron chi connectivity index (χ3n) is 11.7. The van der Waals surface area contributed by atoms with Crippen LogP contribution in [0.15, 0.2) is 71.1 Å². The number of aryl methyl sites for hydroxylation is 1. The van der Waals surface area contributed by atoms with Crippen LogP contribution in [-0.4, -0.2) is 20.9 Å². The maximum absolute atomic E-state index is 12.2. The van der Waals surface area contributed by atoms with Gasteiger partial charge in [-0.2, -0.15) is 0 Å². The van der Waals surface area contributed by atoms with Crippen LogP contribution in [0.5, 0.6) is 0 Å². The molecule has 5 aromatic rings. The Hall–Kier alpha value is -3.60. The normalized spacial score (nSPS) is 13.3. The Morgan fingerprint density at radius 3 is 2.17 bits per heavy atom. The van der Waals surface area contributed by atoms with E-state index in [1.165, 1.54) is 39.4 Å². The number of pyridine rings is 2. The summed E-state index contributed by atoms with van der Waals surface area (Å²) in [6, 6.07) is 18.7. The van der Waals surface area contributed by atoms with Gasteiger partial charge in [0.05, 0.1) is 0 Å². The predicted octanol–water partition coefficient (Wildman–Crippen LogP) is 12.8. The molecular formula is C47H59IrN2O3-. The summed E-state index contributed by atoms with van der Waals surface area (Å²) in [6.07, 6.45) is 11.4. The molecule has 3 heterocycles. The van der Waals surface area contributed by atoms with Gasteiger partial charge in [-0.05, 0) is 73.1 Å². The van der Waals surface area contributed by atoms with Crippen LogP contribution in [0, 0.1) is 22.8 Å². The van der Waals surface area contributed by atoms with Crippen LogP contribution in [0.25, 0.3) is 44.1 Å². The number of nitrogens with zero attached hydrogens (tertiary/aromatic N) is 2. The standard InChI is InChI=1S/C32H31N2O.C15H28O2.Ir/c1-19(2)16-26-23-10-11-27-29(24(23)12-14-33-26)30-28(35-27)13-15-34-31(30)21-17-20-8-6-7-9-22(20)25(18-21)32(3,4)5;1-7-14(5,8-2)12(16)11-13(17)15(6,9-3)10-4;/h6-9,12-15,18-19H,10-11,16H2,1-5H3;11,16H,7-10H2,1-6H3;/q-1;;/b;12-11-;. The van der Waals surface area contributed by atoms with Crippen molar-refractivity contribution >= 4 is 27.5 Å². The molecule has 0 atom stereocenters. The van der Waals surface area contributed by atoms with Crippen molar-refractivity contribution < 1.29 is 34.4 Å². The Morgan fingerprint density at radius 2 is 1.55 bits per heavy atom. The molecule has 1 N–H and O–H groups in total. The van der Waals surface area contributed by atoms with E-state index in [1.807, 2.05) is 60.0 Å². The molecule has 3 aromatic heterocycles. The van der Waals surface area contributed by atoms with Crippen LogP contribution in [0.4, 0.5) is 0 Å². The maximum Gasteiger partial charge on any atom is 0.164 e.